The van der Waals surface area contributed by atoms with Crippen molar-refractivity contribution in [3.63, 3.8) is 0 Å². The Bertz CT molecular complexity index is 2680. The highest BCUT2D eigenvalue weighted by Gasteiger charge is 2.34. The summed E-state index contributed by atoms with van der Waals surface area (Å²) in [7, 11) is 0. The van der Waals surface area contributed by atoms with Crippen LogP contribution in [-0.2, 0) is 0 Å². The Hall–Kier alpha value is -6.71. The molecule has 0 N–H and O–H groups in total. The summed E-state index contributed by atoms with van der Waals surface area (Å²) in [5, 5.41) is 4.73. The Kier molecular flexibility index (Phi) is 6.49. The molecule has 1 aliphatic rings. The summed E-state index contributed by atoms with van der Waals surface area (Å²) in [5.41, 5.74) is 11.9. The highest BCUT2D eigenvalue weighted by Crippen LogP contribution is 2.57. The van der Waals surface area contributed by atoms with Crippen molar-refractivity contribution < 1.29 is 4.42 Å². The molecule has 0 fully saturated rings. The first-order valence-electron chi connectivity index (χ1n) is 17.0. The molecule has 0 spiro atoms. The van der Waals surface area contributed by atoms with Gasteiger partial charge in [-0.1, -0.05) is 146 Å². The van der Waals surface area contributed by atoms with E-state index in [1.54, 1.807) is 0 Å². The Morgan fingerprint density at radius 1 is 0.420 bits per heavy atom. The summed E-state index contributed by atoms with van der Waals surface area (Å²) in [5.74, 6) is 1.43. The minimum absolute atomic E-state index is 0.619. The standard InChI is InChI=1S/C47H30N2O/c1-4-14-31(15-5-1)33-26-28-37(29-27-33)49(36-20-8-3-9-21-36)45-40-23-11-10-22-38(40)39-24-13-25-41-42(39)43(45)44-46(41)50-47(48-44)35-19-12-18-34(30-35)32-16-6-2-7-17-32/h1-30H. The number of hydrogen-bond donors (Lipinski definition) is 0. The largest absolute Gasteiger partial charge is 0.435 e. The third-order valence-electron chi connectivity index (χ3n) is 9.82. The Morgan fingerprint density at radius 2 is 0.960 bits per heavy atom. The van der Waals surface area contributed by atoms with Crippen LogP contribution in [0.3, 0.4) is 0 Å². The van der Waals surface area contributed by atoms with E-state index in [1.165, 1.54) is 27.3 Å². The van der Waals surface area contributed by atoms with Crippen molar-refractivity contribution in [3.8, 4) is 56.3 Å². The number of hydrogen-bond acceptors (Lipinski definition) is 3. The van der Waals surface area contributed by atoms with E-state index in [-0.39, 0.29) is 0 Å². The van der Waals surface area contributed by atoms with Crippen LogP contribution in [0.4, 0.5) is 17.1 Å². The third kappa shape index (κ3) is 4.48. The van der Waals surface area contributed by atoms with Crippen LogP contribution in [0.5, 0.6) is 0 Å². The van der Waals surface area contributed by atoms with Crippen molar-refractivity contribution in [1.82, 2.24) is 4.98 Å². The van der Waals surface area contributed by atoms with E-state index in [0.29, 0.717) is 5.89 Å². The van der Waals surface area contributed by atoms with Gasteiger partial charge in [-0.05, 0) is 69.4 Å². The normalized spacial score (nSPS) is 11.6. The van der Waals surface area contributed by atoms with Gasteiger partial charge in [-0.15, -0.1) is 0 Å². The summed E-state index contributed by atoms with van der Waals surface area (Å²) in [4.78, 5) is 7.72. The van der Waals surface area contributed by atoms with Gasteiger partial charge in [0.25, 0.3) is 0 Å². The predicted molar refractivity (Wildman–Crippen MR) is 207 cm³/mol. The van der Waals surface area contributed by atoms with Crippen molar-refractivity contribution in [2.45, 2.75) is 0 Å². The number of anilines is 3. The summed E-state index contributed by atoms with van der Waals surface area (Å²) < 4.78 is 6.78. The van der Waals surface area contributed by atoms with Gasteiger partial charge in [0, 0.05) is 38.8 Å². The lowest BCUT2D eigenvalue weighted by Crippen LogP contribution is -2.12. The number of fused-ring (bicyclic) bond motifs is 5. The average Bonchev–Trinajstić information content (AvgIpc) is 3.77. The van der Waals surface area contributed by atoms with Crippen molar-refractivity contribution in [2.24, 2.45) is 0 Å². The van der Waals surface area contributed by atoms with Gasteiger partial charge in [0.05, 0.1) is 5.69 Å². The molecule has 1 aliphatic carbocycles. The number of nitrogens with zero attached hydrogens (tertiary/aromatic N) is 2. The smallest absolute Gasteiger partial charge is 0.227 e. The summed E-state index contributed by atoms with van der Waals surface area (Å²) >= 11 is 0. The molecule has 0 radical (unpaired) electrons. The molecule has 9 aromatic rings. The van der Waals surface area contributed by atoms with Gasteiger partial charge in [-0.3, -0.25) is 0 Å². The molecule has 234 valence electrons. The summed E-state index contributed by atoms with van der Waals surface area (Å²) in [6.07, 6.45) is 0. The van der Waals surface area contributed by atoms with Crippen molar-refractivity contribution in [1.29, 1.82) is 0 Å². The molecule has 0 atom stereocenters. The van der Waals surface area contributed by atoms with E-state index in [2.05, 4.69) is 181 Å². The lowest BCUT2D eigenvalue weighted by Gasteiger charge is -2.29. The predicted octanol–water partition coefficient (Wildman–Crippen LogP) is 13.1. The Labute approximate surface area is 290 Å². The molecular weight excluding hydrogens is 609 g/mol. The zero-order valence-electron chi connectivity index (χ0n) is 27.1. The van der Waals surface area contributed by atoms with Crippen LogP contribution >= 0.6 is 0 Å². The molecule has 1 heterocycles. The van der Waals surface area contributed by atoms with Crippen LogP contribution in [0.1, 0.15) is 0 Å². The molecule has 0 saturated heterocycles. The van der Waals surface area contributed by atoms with Gasteiger partial charge in [-0.25, -0.2) is 4.98 Å². The van der Waals surface area contributed by atoms with Crippen molar-refractivity contribution >= 4 is 38.6 Å². The van der Waals surface area contributed by atoms with Gasteiger partial charge in [-0.2, -0.15) is 0 Å². The first-order valence-corrected chi connectivity index (χ1v) is 17.0. The maximum absolute atomic E-state index is 6.78. The van der Waals surface area contributed by atoms with Gasteiger partial charge in [0.1, 0.15) is 5.69 Å². The van der Waals surface area contributed by atoms with E-state index in [1.807, 2.05) is 6.07 Å². The van der Waals surface area contributed by atoms with E-state index in [4.69, 9.17) is 9.40 Å². The van der Waals surface area contributed by atoms with Crippen LogP contribution < -0.4 is 4.90 Å². The first-order chi connectivity index (χ1) is 24.8. The highest BCUT2D eigenvalue weighted by molar-refractivity contribution is 6.28. The molecule has 3 heteroatoms. The number of aromatic nitrogens is 1. The number of rotatable bonds is 6. The second kappa shape index (κ2) is 11.5. The maximum atomic E-state index is 6.78. The number of benzene rings is 8. The molecule has 1 aromatic heterocycles. The van der Waals surface area contributed by atoms with Gasteiger partial charge in [0.2, 0.25) is 5.89 Å². The fraction of sp³-hybridized carbons (Fsp3) is 0. The minimum Gasteiger partial charge on any atom is -0.435 e. The minimum atomic E-state index is 0.619. The van der Waals surface area contributed by atoms with E-state index in [0.717, 1.165) is 61.7 Å². The SMILES string of the molecule is c1ccc(-c2ccc(N(c3ccccc3)c3c4c5c(cccc5c5ccccc35)-c3oc(-c5cccc(-c6ccccc6)c5)nc3-4)cc2)cc1. The van der Waals surface area contributed by atoms with Gasteiger partial charge < -0.3 is 9.32 Å². The molecule has 0 unspecified atom stereocenters. The zero-order valence-corrected chi connectivity index (χ0v) is 27.1. The molecule has 0 bridgehead atoms. The van der Waals surface area contributed by atoms with Crippen LogP contribution in [-0.4, -0.2) is 4.98 Å². The topological polar surface area (TPSA) is 29.3 Å². The fourth-order valence-electron chi connectivity index (χ4n) is 7.55. The average molecular weight is 639 g/mol. The second-order valence-corrected chi connectivity index (χ2v) is 12.7. The van der Waals surface area contributed by atoms with Crippen LogP contribution in [0.2, 0.25) is 0 Å². The monoisotopic (exact) mass is 638 g/mol. The molecule has 50 heavy (non-hydrogen) atoms. The molecule has 3 nitrogen and oxygen atoms in total. The molecule has 10 rings (SSSR count). The quantitative estimate of drug-likeness (QED) is 0.170. The van der Waals surface area contributed by atoms with Gasteiger partial charge >= 0.3 is 0 Å². The second-order valence-electron chi connectivity index (χ2n) is 12.7. The van der Waals surface area contributed by atoms with Crippen LogP contribution in [0.25, 0.3) is 77.8 Å². The van der Waals surface area contributed by atoms with Crippen molar-refractivity contribution in [3.05, 3.63) is 182 Å². The first kappa shape index (κ1) is 28.3. The number of para-hydroxylation sites is 1. The Morgan fingerprint density at radius 3 is 1.70 bits per heavy atom. The van der Waals surface area contributed by atoms with E-state index in [9.17, 15) is 0 Å². The molecule has 0 saturated carbocycles. The van der Waals surface area contributed by atoms with Crippen LogP contribution in [0.15, 0.2) is 186 Å². The number of oxazole rings is 1. The summed E-state index contributed by atoms with van der Waals surface area (Å²) in [6, 6.07) is 64.3. The maximum Gasteiger partial charge on any atom is 0.227 e. The van der Waals surface area contributed by atoms with E-state index < -0.39 is 0 Å². The van der Waals surface area contributed by atoms with Crippen LogP contribution in [0, 0.1) is 0 Å². The molecule has 8 aromatic carbocycles. The van der Waals surface area contributed by atoms with Gasteiger partial charge in [0.15, 0.2) is 5.76 Å². The lowest BCUT2D eigenvalue weighted by molar-refractivity contribution is 0.590. The molecule has 0 aliphatic heterocycles. The van der Waals surface area contributed by atoms with Crippen molar-refractivity contribution in [2.75, 3.05) is 4.90 Å². The zero-order chi connectivity index (χ0) is 33.0. The Balaban J connectivity index is 1.22. The fourth-order valence-corrected chi connectivity index (χ4v) is 7.55. The lowest BCUT2D eigenvalue weighted by atomic mass is 9.93. The summed E-state index contributed by atoms with van der Waals surface area (Å²) in [6.45, 7) is 0. The molecular formula is C47H30N2O. The molecule has 0 amide bonds. The van der Waals surface area contributed by atoms with E-state index >= 15 is 0 Å². The highest BCUT2D eigenvalue weighted by atomic mass is 16.4. The third-order valence-corrected chi connectivity index (χ3v) is 9.82.